The maximum Gasteiger partial charge on any atom is 0.155 e. The lowest BCUT2D eigenvalue weighted by molar-refractivity contribution is 0.0885. The monoisotopic (exact) mass is 312 g/mol. The summed E-state index contributed by atoms with van der Waals surface area (Å²) in [5.41, 5.74) is 1.98. The van der Waals surface area contributed by atoms with E-state index in [1.807, 2.05) is 24.8 Å². The molecule has 0 aliphatic carbocycles. The SMILES string of the molecule is CCn1ccnc1[C@H]1OCC[C@@H]1NCc1cnc2cnccn12. The van der Waals surface area contributed by atoms with Crippen LogP contribution < -0.4 is 5.32 Å². The fourth-order valence-corrected chi connectivity index (χ4v) is 3.16. The van der Waals surface area contributed by atoms with Gasteiger partial charge in [0.25, 0.3) is 0 Å². The number of fused-ring (bicyclic) bond motifs is 1. The molecule has 4 rings (SSSR count). The van der Waals surface area contributed by atoms with Crippen LogP contribution in [0.2, 0.25) is 0 Å². The zero-order valence-electron chi connectivity index (χ0n) is 13.1. The second-order valence-electron chi connectivity index (χ2n) is 5.69. The molecule has 3 aromatic heterocycles. The zero-order chi connectivity index (χ0) is 15.6. The van der Waals surface area contributed by atoms with E-state index in [2.05, 4.69) is 36.2 Å². The molecule has 0 amide bonds. The fourth-order valence-electron chi connectivity index (χ4n) is 3.16. The molecular formula is C16H20N6O. The summed E-state index contributed by atoms with van der Waals surface area (Å²) < 4.78 is 10.1. The Balaban J connectivity index is 1.50. The first-order chi connectivity index (χ1) is 11.4. The van der Waals surface area contributed by atoms with Gasteiger partial charge in [0.15, 0.2) is 5.65 Å². The molecule has 1 saturated heterocycles. The van der Waals surface area contributed by atoms with Crippen molar-refractivity contribution >= 4 is 5.65 Å². The lowest BCUT2D eigenvalue weighted by atomic mass is 10.1. The van der Waals surface area contributed by atoms with Crippen LogP contribution in [-0.2, 0) is 17.8 Å². The molecule has 0 saturated carbocycles. The number of rotatable bonds is 5. The van der Waals surface area contributed by atoms with E-state index in [4.69, 9.17) is 4.74 Å². The molecule has 0 aromatic carbocycles. The van der Waals surface area contributed by atoms with Crippen LogP contribution in [0.1, 0.15) is 31.0 Å². The predicted molar refractivity (Wildman–Crippen MR) is 84.8 cm³/mol. The topological polar surface area (TPSA) is 69.3 Å². The van der Waals surface area contributed by atoms with Crippen molar-refractivity contribution in [2.45, 2.75) is 38.6 Å². The van der Waals surface area contributed by atoms with Gasteiger partial charge >= 0.3 is 0 Å². The summed E-state index contributed by atoms with van der Waals surface area (Å²) >= 11 is 0. The van der Waals surface area contributed by atoms with E-state index in [1.54, 1.807) is 12.4 Å². The Morgan fingerprint density at radius 2 is 2.22 bits per heavy atom. The van der Waals surface area contributed by atoms with E-state index in [0.717, 1.165) is 43.3 Å². The van der Waals surface area contributed by atoms with Crippen LogP contribution in [0.4, 0.5) is 0 Å². The Labute approximate surface area is 134 Å². The number of ether oxygens (including phenoxy) is 1. The summed E-state index contributed by atoms with van der Waals surface area (Å²) in [6, 6.07) is 0.259. The minimum absolute atomic E-state index is 0.00537. The van der Waals surface area contributed by atoms with Gasteiger partial charge in [-0.1, -0.05) is 0 Å². The maximum absolute atomic E-state index is 5.93. The number of imidazole rings is 2. The third kappa shape index (κ3) is 2.62. The van der Waals surface area contributed by atoms with Crippen LogP contribution in [0.25, 0.3) is 5.65 Å². The standard InChI is InChI=1S/C16H20N6O/c1-2-21-6-5-18-16(21)15-13(3-8-23-15)19-9-12-10-20-14-11-17-4-7-22(12)14/h4-7,10-11,13,15,19H,2-3,8-9H2,1H3/t13-,15-/m0/s1. The van der Waals surface area contributed by atoms with Crippen molar-refractivity contribution in [2.75, 3.05) is 6.61 Å². The Kier molecular flexibility index (Phi) is 3.80. The fraction of sp³-hybridized carbons (Fsp3) is 0.438. The van der Waals surface area contributed by atoms with Crippen LogP contribution in [-0.4, -0.2) is 36.6 Å². The molecule has 7 heteroatoms. The molecule has 0 spiro atoms. The third-order valence-corrected chi connectivity index (χ3v) is 4.37. The highest BCUT2D eigenvalue weighted by Gasteiger charge is 2.32. The minimum atomic E-state index is 0.00537. The van der Waals surface area contributed by atoms with Gasteiger partial charge in [-0.25, -0.2) is 9.97 Å². The lowest BCUT2D eigenvalue weighted by Crippen LogP contribution is -2.32. The van der Waals surface area contributed by atoms with E-state index in [9.17, 15) is 0 Å². The number of aromatic nitrogens is 5. The maximum atomic E-state index is 5.93. The molecule has 0 bridgehead atoms. The Bertz CT molecular complexity index is 795. The van der Waals surface area contributed by atoms with Gasteiger partial charge in [-0.05, 0) is 13.3 Å². The molecule has 23 heavy (non-hydrogen) atoms. The van der Waals surface area contributed by atoms with E-state index in [0.29, 0.717) is 0 Å². The van der Waals surface area contributed by atoms with Crippen LogP contribution in [0.5, 0.6) is 0 Å². The van der Waals surface area contributed by atoms with Crippen molar-refractivity contribution in [2.24, 2.45) is 0 Å². The van der Waals surface area contributed by atoms with E-state index in [-0.39, 0.29) is 12.1 Å². The number of hydrogen-bond acceptors (Lipinski definition) is 5. The smallest absolute Gasteiger partial charge is 0.155 e. The van der Waals surface area contributed by atoms with Gasteiger partial charge in [0.1, 0.15) is 11.9 Å². The quantitative estimate of drug-likeness (QED) is 0.774. The first-order valence-electron chi connectivity index (χ1n) is 7.98. The Hall–Kier alpha value is -2.25. The molecule has 1 aliphatic heterocycles. The summed E-state index contributed by atoms with van der Waals surface area (Å²) in [5.74, 6) is 1.00. The zero-order valence-corrected chi connectivity index (χ0v) is 13.1. The number of hydrogen-bond donors (Lipinski definition) is 1. The van der Waals surface area contributed by atoms with Crippen molar-refractivity contribution in [1.29, 1.82) is 0 Å². The predicted octanol–water partition coefficient (Wildman–Crippen LogP) is 1.57. The number of nitrogens with one attached hydrogen (secondary N) is 1. The van der Waals surface area contributed by atoms with Crippen molar-refractivity contribution < 1.29 is 4.74 Å². The van der Waals surface area contributed by atoms with Gasteiger partial charge in [-0.3, -0.25) is 9.38 Å². The third-order valence-electron chi connectivity index (χ3n) is 4.37. The van der Waals surface area contributed by atoms with Crippen molar-refractivity contribution in [3.63, 3.8) is 0 Å². The molecule has 3 aromatic rings. The highest BCUT2D eigenvalue weighted by molar-refractivity contribution is 5.36. The summed E-state index contributed by atoms with van der Waals surface area (Å²) in [5, 5.41) is 3.61. The first-order valence-corrected chi connectivity index (χ1v) is 7.98. The van der Waals surface area contributed by atoms with Gasteiger partial charge in [-0.2, -0.15) is 0 Å². The molecule has 0 radical (unpaired) electrons. The highest BCUT2D eigenvalue weighted by atomic mass is 16.5. The first kappa shape index (κ1) is 14.3. The summed E-state index contributed by atoms with van der Waals surface area (Å²) in [7, 11) is 0. The number of nitrogens with zero attached hydrogens (tertiary/aromatic N) is 5. The molecule has 1 N–H and O–H groups in total. The van der Waals surface area contributed by atoms with Gasteiger partial charge in [0, 0.05) is 50.5 Å². The van der Waals surface area contributed by atoms with Crippen molar-refractivity contribution in [3.05, 3.63) is 48.7 Å². The van der Waals surface area contributed by atoms with Crippen LogP contribution >= 0.6 is 0 Å². The average Bonchev–Trinajstić information content (AvgIpc) is 3.31. The molecule has 4 heterocycles. The van der Waals surface area contributed by atoms with Gasteiger partial charge in [-0.15, -0.1) is 0 Å². The minimum Gasteiger partial charge on any atom is -0.369 e. The van der Waals surface area contributed by atoms with Gasteiger partial charge in [0.2, 0.25) is 0 Å². The van der Waals surface area contributed by atoms with E-state index < -0.39 is 0 Å². The lowest BCUT2D eigenvalue weighted by Gasteiger charge is -2.20. The molecule has 2 atom stereocenters. The largest absolute Gasteiger partial charge is 0.369 e. The molecule has 0 unspecified atom stereocenters. The second-order valence-corrected chi connectivity index (χ2v) is 5.69. The average molecular weight is 312 g/mol. The molecule has 120 valence electrons. The second kappa shape index (κ2) is 6.10. The van der Waals surface area contributed by atoms with Gasteiger partial charge in [0.05, 0.1) is 18.1 Å². The van der Waals surface area contributed by atoms with Crippen molar-refractivity contribution in [1.82, 2.24) is 29.2 Å². The van der Waals surface area contributed by atoms with E-state index >= 15 is 0 Å². The Morgan fingerprint density at radius 3 is 3.13 bits per heavy atom. The van der Waals surface area contributed by atoms with Crippen LogP contribution in [0.15, 0.2) is 37.2 Å². The van der Waals surface area contributed by atoms with Crippen LogP contribution in [0, 0.1) is 0 Å². The summed E-state index contributed by atoms with van der Waals surface area (Å²) in [6.07, 6.45) is 12.2. The molecule has 7 nitrogen and oxygen atoms in total. The van der Waals surface area contributed by atoms with Crippen LogP contribution in [0.3, 0.4) is 0 Å². The normalized spacial score (nSPS) is 21.3. The summed E-state index contributed by atoms with van der Waals surface area (Å²) in [6.45, 7) is 4.52. The summed E-state index contributed by atoms with van der Waals surface area (Å²) in [4.78, 5) is 13.0. The van der Waals surface area contributed by atoms with Gasteiger partial charge < -0.3 is 14.6 Å². The Morgan fingerprint density at radius 1 is 1.26 bits per heavy atom. The molecular weight excluding hydrogens is 292 g/mol. The molecule has 1 aliphatic rings. The highest BCUT2D eigenvalue weighted by Crippen LogP contribution is 2.28. The van der Waals surface area contributed by atoms with Crippen molar-refractivity contribution in [3.8, 4) is 0 Å². The van der Waals surface area contributed by atoms with E-state index in [1.165, 1.54) is 0 Å². The molecule has 1 fully saturated rings. The number of aryl methyl sites for hydroxylation is 1.